The fourth-order valence-electron chi connectivity index (χ4n) is 4.58. The Morgan fingerprint density at radius 3 is 2.56 bits per heavy atom. The van der Waals surface area contributed by atoms with E-state index in [-0.39, 0.29) is 68.1 Å². The molecule has 1 aliphatic heterocycles. The molecule has 4 aromatic rings. The Balaban J connectivity index is 0.00000276. The molecule has 16 heteroatoms. The van der Waals surface area contributed by atoms with Gasteiger partial charge in [0.15, 0.2) is 17.3 Å². The van der Waals surface area contributed by atoms with Gasteiger partial charge in [0.25, 0.3) is 0 Å². The second-order valence-electron chi connectivity index (χ2n) is 9.38. The maximum absolute atomic E-state index is 15.4. The zero-order valence-corrected chi connectivity index (χ0v) is 22.4. The number of hydrogen-bond donors (Lipinski definition) is 3. The van der Waals surface area contributed by atoms with Crippen molar-refractivity contribution in [2.75, 3.05) is 32.4 Å². The molecular weight excluding hydrogens is 579 g/mol. The average Bonchev–Trinajstić information content (AvgIpc) is 3.62. The number of likely N-dealkylation sites (tertiary alicyclic amines) is 1. The minimum atomic E-state index is -1.78. The minimum absolute atomic E-state index is 0. The van der Waals surface area contributed by atoms with Crippen molar-refractivity contribution in [3.05, 3.63) is 71.8 Å². The number of nitrogens with two attached hydrogens (primary N) is 1. The molecule has 2 aromatic carbocycles. The number of benzene rings is 2. The Bertz CT molecular complexity index is 1750. The Kier molecular flexibility index (Phi) is 8.09. The number of carbonyl (C=O) groups is 2. The van der Waals surface area contributed by atoms with Gasteiger partial charge in [0.2, 0.25) is 23.3 Å². The minimum Gasteiger partial charge on any atom is -0.451 e. The smallest absolute Gasteiger partial charge is 0.317 e. The van der Waals surface area contributed by atoms with Crippen molar-refractivity contribution in [2.24, 2.45) is 0 Å². The highest BCUT2D eigenvalue weighted by Crippen LogP contribution is 2.37. The van der Waals surface area contributed by atoms with Gasteiger partial charge >= 0.3 is 6.03 Å². The molecule has 1 atom stereocenters. The van der Waals surface area contributed by atoms with Crippen LogP contribution < -0.4 is 21.1 Å². The highest BCUT2D eigenvalue weighted by molar-refractivity contribution is 5.98. The number of ether oxygens (including phenoxy) is 1. The number of anilines is 1. The fraction of sp³-hybridized carbons (Fsp3) is 0.222. The zero-order valence-electron chi connectivity index (χ0n) is 22.4. The monoisotopic (exact) mass is 606 g/mol. The number of halogens is 5. The number of hydrogen-bond acceptors (Lipinski definition) is 7. The summed E-state index contributed by atoms with van der Waals surface area (Å²) in [6, 6.07) is 2.39. The molecule has 228 valence electrons. The van der Waals surface area contributed by atoms with Crippen LogP contribution in [0.4, 0.5) is 32.6 Å². The number of nitrogens with zero attached hydrogens (tertiary/aromatic N) is 5. The highest BCUT2D eigenvalue weighted by Gasteiger charge is 2.31. The first kappa shape index (κ1) is 29.2. The number of nitrogens with one attached hydrogen (secondary N) is 2. The first-order chi connectivity index (χ1) is 20.6. The summed E-state index contributed by atoms with van der Waals surface area (Å²) < 4.78 is 77.1. The average molecular weight is 607 g/mol. The zero-order chi connectivity index (χ0) is 30.8. The van der Waals surface area contributed by atoms with Gasteiger partial charge in [0.1, 0.15) is 29.4 Å². The molecule has 43 heavy (non-hydrogen) atoms. The number of fused-ring (bicyclic) bond motifs is 1. The predicted molar refractivity (Wildman–Crippen MR) is 148 cm³/mol. The third-order valence-corrected chi connectivity index (χ3v) is 6.69. The van der Waals surface area contributed by atoms with E-state index in [2.05, 4.69) is 25.7 Å². The molecule has 11 nitrogen and oxygen atoms in total. The lowest BCUT2D eigenvalue weighted by molar-refractivity contribution is -0.116. The topological polar surface area (TPSA) is 140 Å². The van der Waals surface area contributed by atoms with Gasteiger partial charge in [0, 0.05) is 53.3 Å². The van der Waals surface area contributed by atoms with Crippen LogP contribution in [-0.2, 0) is 4.79 Å². The van der Waals surface area contributed by atoms with Gasteiger partial charge in [0.05, 0.1) is 11.4 Å². The van der Waals surface area contributed by atoms with E-state index in [0.29, 0.717) is 13.0 Å². The largest absolute Gasteiger partial charge is 0.451 e. The van der Waals surface area contributed by atoms with Crippen LogP contribution in [0.15, 0.2) is 42.7 Å². The van der Waals surface area contributed by atoms with Crippen molar-refractivity contribution in [1.82, 2.24) is 35.3 Å². The third kappa shape index (κ3) is 5.75. The normalized spacial score (nSPS) is 14.9. The molecule has 2 aromatic heterocycles. The Morgan fingerprint density at radius 2 is 1.86 bits per heavy atom. The predicted octanol–water partition coefficient (Wildman–Crippen LogP) is 4.31. The van der Waals surface area contributed by atoms with Crippen LogP contribution in [0.25, 0.3) is 22.3 Å². The molecule has 3 heterocycles. The lowest BCUT2D eigenvalue weighted by Gasteiger charge is -2.17. The van der Waals surface area contributed by atoms with E-state index >= 15 is 4.39 Å². The molecule has 4 N–H and O–H groups in total. The van der Waals surface area contributed by atoms with Gasteiger partial charge in [-0.2, -0.15) is 13.9 Å². The van der Waals surface area contributed by atoms with Gasteiger partial charge in [-0.15, -0.1) is 0 Å². The van der Waals surface area contributed by atoms with Gasteiger partial charge in [-0.05, 0) is 18.6 Å². The summed E-state index contributed by atoms with van der Waals surface area (Å²) >= 11 is 0. The van der Waals surface area contributed by atoms with Gasteiger partial charge in [-0.25, -0.2) is 32.6 Å². The van der Waals surface area contributed by atoms with Gasteiger partial charge < -0.3 is 26.0 Å². The van der Waals surface area contributed by atoms with Crippen LogP contribution in [0, 0.1) is 29.1 Å². The molecule has 3 amide bonds. The first-order valence-corrected chi connectivity index (χ1v) is 12.8. The summed E-state index contributed by atoms with van der Waals surface area (Å²) in [6.45, 7) is 0.751. The quantitative estimate of drug-likeness (QED) is 0.162. The van der Waals surface area contributed by atoms with Crippen molar-refractivity contribution in [2.45, 2.75) is 12.5 Å². The number of urea groups is 1. The lowest BCUT2D eigenvalue weighted by atomic mass is 10.1. The van der Waals surface area contributed by atoms with Crippen LogP contribution >= 0.6 is 0 Å². The Labute approximate surface area is 243 Å². The molecule has 1 aliphatic rings. The van der Waals surface area contributed by atoms with E-state index in [1.165, 1.54) is 36.3 Å². The molecule has 0 aliphatic carbocycles. The van der Waals surface area contributed by atoms with Gasteiger partial charge in [-0.1, -0.05) is 6.08 Å². The van der Waals surface area contributed by atoms with E-state index in [1.54, 1.807) is 4.90 Å². The van der Waals surface area contributed by atoms with Crippen LogP contribution in [0.2, 0.25) is 0 Å². The molecule has 1 saturated heterocycles. The number of nitrogen functional groups attached to an aromatic ring is 1. The number of aromatic nitrogens is 4. The number of rotatable bonds is 7. The number of amides is 3. The summed E-state index contributed by atoms with van der Waals surface area (Å²) in [5.41, 5.74) is 6.34. The van der Waals surface area contributed by atoms with Crippen molar-refractivity contribution in [3.63, 3.8) is 0 Å². The Hall–Kier alpha value is -5.28. The SMILES string of the molecule is CNC(=O)/C=C/CNC(=O)N1CC[C@@H](n2nc(-c3ccc(Oc4c(F)c(F)cc(F)c4F)cc3F)c3c(N)ncnc32)C1.[HH].[HH]. The second kappa shape index (κ2) is 11.9. The highest BCUT2D eigenvalue weighted by atomic mass is 19.2. The Morgan fingerprint density at radius 1 is 1.12 bits per heavy atom. The van der Waals surface area contributed by atoms with Crippen molar-refractivity contribution < 1.29 is 39.1 Å². The second-order valence-corrected chi connectivity index (χ2v) is 9.38. The molecular formula is C27H27F5N8O3. The molecule has 0 saturated carbocycles. The van der Waals surface area contributed by atoms with Crippen LogP contribution in [0.1, 0.15) is 15.3 Å². The standard InChI is InChI=1S/C27H23F5N8O3.2H2/c1-34-19(41)3-2-7-35-27(42)39-8-6-13(11-39)40-26-20(25(33)36-12-37-26)23(38-40)15-5-4-14(9-16(15)28)43-24-21(31)17(29)10-18(30)22(24)32;;/h2-5,9-10,12-13H,6-8,11H2,1H3,(H,34,41)(H,35,42)(H2,33,36,37);2*1H/b3-2+;;/t13-;;/m1../s1. The summed E-state index contributed by atoms with van der Waals surface area (Å²) in [5, 5.41) is 9.89. The van der Waals surface area contributed by atoms with Crippen molar-refractivity contribution >= 4 is 28.8 Å². The summed E-state index contributed by atoms with van der Waals surface area (Å²) in [5.74, 6) is -9.99. The molecule has 0 unspecified atom stereocenters. The third-order valence-electron chi connectivity index (χ3n) is 6.69. The summed E-state index contributed by atoms with van der Waals surface area (Å²) in [4.78, 5) is 33.7. The molecule has 0 spiro atoms. The van der Waals surface area contributed by atoms with E-state index in [9.17, 15) is 27.2 Å². The van der Waals surface area contributed by atoms with E-state index < -0.39 is 40.6 Å². The number of carbonyl (C=O) groups excluding carboxylic acids is 2. The van der Waals surface area contributed by atoms with E-state index in [1.807, 2.05) is 0 Å². The van der Waals surface area contributed by atoms with Crippen LogP contribution in [-0.4, -0.2) is 63.3 Å². The summed E-state index contributed by atoms with van der Waals surface area (Å²) in [6.07, 6.45) is 4.50. The van der Waals surface area contributed by atoms with Gasteiger partial charge in [-0.3, -0.25) is 4.79 Å². The van der Waals surface area contributed by atoms with Crippen molar-refractivity contribution in [3.8, 4) is 22.8 Å². The molecule has 1 fully saturated rings. The lowest BCUT2D eigenvalue weighted by Crippen LogP contribution is -2.38. The van der Waals surface area contributed by atoms with E-state index in [4.69, 9.17) is 10.5 Å². The van der Waals surface area contributed by atoms with Crippen LogP contribution in [0.5, 0.6) is 11.5 Å². The fourth-order valence-corrected chi connectivity index (χ4v) is 4.58. The summed E-state index contributed by atoms with van der Waals surface area (Å²) in [7, 11) is 1.49. The van der Waals surface area contributed by atoms with E-state index in [0.717, 1.165) is 12.1 Å². The molecule has 0 bridgehead atoms. The van der Waals surface area contributed by atoms with Crippen molar-refractivity contribution in [1.29, 1.82) is 0 Å². The van der Waals surface area contributed by atoms with Crippen LogP contribution in [0.3, 0.4) is 0 Å². The maximum Gasteiger partial charge on any atom is 0.317 e. The maximum atomic E-state index is 15.4. The first-order valence-electron chi connectivity index (χ1n) is 12.8. The molecule has 0 radical (unpaired) electrons. The molecule has 5 rings (SSSR count). The number of likely N-dealkylation sites (N-methyl/N-ethyl adjacent to an activating group) is 1.